The van der Waals surface area contributed by atoms with Gasteiger partial charge in [0.05, 0.1) is 5.69 Å². The summed E-state index contributed by atoms with van der Waals surface area (Å²) in [7, 11) is 0. The van der Waals surface area contributed by atoms with Crippen molar-refractivity contribution in [3.63, 3.8) is 0 Å². The molecule has 0 aliphatic carbocycles. The first-order chi connectivity index (χ1) is 12.7. The highest BCUT2D eigenvalue weighted by molar-refractivity contribution is 5.75. The largest absolute Gasteiger partial charge is 0.360 e. The van der Waals surface area contributed by atoms with E-state index < -0.39 is 0 Å². The number of hydrogen-bond acceptors (Lipinski definition) is 6. The van der Waals surface area contributed by atoms with E-state index in [9.17, 15) is 5.26 Å². The highest BCUT2D eigenvalue weighted by atomic mass is 15.5. The van der Waals surface area contributed by atoms with Gasteiger partial charge in [-0.1, -0.05) is 18.2 Å². The monoisotopic (exact) mass is 342 g/mol. The van der Waals surface area contributed by atoms with E-state index in [1.54, 1.807) is 6.20 Å². The number of pyridine rings is 1. The Morgan fingerprint density at radius 2 is 2.23 bits per heavy atom. The molecule has 0 aliphatic heterocycles. The zero-order valence-electron chi connectivity index (χ0n) is 13.9. The molecule has 0 aliphatic rings. The number of imidazole rings is 1. The van der Waals surface area contributed by atoms with Crippen molar-refractivity contribution in [3.05, 3.63) is 66.4 Å². The Hall–Kier alpha value is -3.99. The zero-order valence-corrected chi connectivity index (χ0v) is 13.9. The number of rotatable bonds is 4. The van der Waals surface area contributed by atoms with Gasteiger partial charge in [0.1, 0.15) is 17.3 Å². The molecule has 0 saturated carbocycles. The summed E-state index contributed by atoms with van der Waals surface area (Å²) >= 11 is 0. The molecule has 8 heteroatoms. The lowest BCUT2D eigenvalue weighted by atomic mass is 10.1. The van der Waals surface area contributed by atoms with Gasteiger partial charge in [-0.2, -0.15) is 10.5 Å². The maximum atomic E-state index is 9.22. The van der Waals surface area contributed by atoms with Crippen molar-refractivity contribution in [1.29, 1.82) is 5.26 Å². The molecule has 0 radical (unpaired) electrons. The second-order valence-electron chi connectivity index (χ2n) is 5.68. The van der Waals surface area contributed by atoms with Crippen molar-refractivity contribution in [2.24, 2.45) is 0 Å². The SMILES string of the molecule is Cc1cccn2cc(-c3cccc(NC=C(C#N)c4nn[nH]n4)c3)nc12. The molecule has 0 unspecified atom stereocenters. The number of aryl methyl sites for hydroxylation is 1. The minimum Gasteiger partial charge on any atom is -0.360 e. The van der Waals surface area contributed by atoms with E-state index in [-0.39, 0.29) is 11.4 Å². The van der Waals surface area contributed by atoms with Crippen LogP contribution in [0.2, 0.25) is 0 Å². The molecule has 2 N–H and O–H groups in total. The molecule has 26 heavy (non-hydrogen) atoms. The second-order valence-corrected chi connectivity index (χ2v) is 5.68. The van der Waals surface area contributed by atoms with Gasteiger partial charge in [0.15, 0.2) is 0 Å². The molecule has 1 aromatic carbocycles. The summed E-state index contributed by atoms with van der Waals surface area (Å²) < 4.78 is 2.01. The Morgan fingerprint density at radius 1 is 1.31 bits per heavy atom. The van der Waals surface area contributed by atoms with E-state index in [2.05, 4.69) is 25.9 Å². The van der Waals surface area contributed by atoms with Crippen LogP contribution in [0.5, 0.6) is 0 Å². The number of tetrazole rings is 1. The fourth-order valence-electron chi connectivity index (χ4n) is 2.64. The Morgan fingerprint density at radius 3 is 3.00 bits per heavy atom. The molecule has 0 fully saturated rings. The van der Waals surface area contributed by atoms with Crippen molar-refractivity contribution in [3.8, 4) is 17.3 Å². The molecule has 3 heterocycles. The third-order valence-corrected chi connectivity index (χ3v) is 3.93. The van der Waals surface area contributed by atoms with Gasteiger partial charge in [0, 0.05) is 29.8 Å². The maximum Gasteiger partial charge on any atom is 0.216 e. The fraction of sp³-hybridized carbons (Fsp3) is 0.0556. The number of anilines is 1. The quantitative estimate of drug-likeness (QED) is 0.552. The van der Waals surface area contributed by atoms with E-state index in [1.807, 2.05) is 66.2 Å². The first kappa shape index (κ1) is 15.5. The van der Waals surface area contributed by atoms with Gasteiger partial charge in [-0.25, -0.2) is 4.98 Å². The lowest BCUT2D eigenvalue weighted by Gasteiger charge is -2.03. The van der Waals surface area contributed by atoms with Crippen LogP contribution in [0.3, 0.4) is 0 Å². The van der Waals surface area contributed by atoms with Gasteiger partial charge in [-0.15, -0.1) is 10.2 Å². The van der Waals surface area contributed by atoms with Crippen molar-refractivity contribution >= 4 is 16.9 Å². The number of nitrogens with zero attached hydrogens (tertiary/aromatic N) is 6. The van der Waals surface area contributed by atoms with Gasteiger partial charge in [0.25, 0.3) is 0 Å². The average Bonchev–Trinajstić information content (AvgIpc) is 3.33. The Balaban J connectivity index is 1.64. The van der Waals surface area contributed by atoms with Gasteiger partial charge in [-0.05, 0) is 35.9 Å². The normalized spacial score (nSPS) is 11.5. The number of nitrogens with one attached hydrogen (secondary N) is 2. The number of fused-ring (bicyclic) bond motifs is 1. The van der Waals surface area contributed by atoms with E-state index in [0.29, 0.717) is 0 Å². The van der Waals surface area contributed by atoms with Gasteiger partial charge in [0.2, 0.25) is 5.82 Å². The van der Waals surface area contributed by atoms with Gasteiger partial charge in [-0.3, -0.25) is 0 Å². The molecule has 0 spiro atoms. The van der Waals surface area contributed by atoms with E-state index in [0.717, 1.165) is 28.2 Å². The van der Waals surface area contributed by atoms with Crippen LogP contribution in [0.25, 0.3) is 22.5 Å². The Kier molecular flexibility index (Phi) is 3.88. The zero-order chi connectivity index (χ0) is 17.9. The van der Waals surface area contributed by atoms with Crippen LogP contribution in [-0.4, -0.2) is 30.0 Å². The summed E-state index contributed by atoms with van der Waals surface area (Å²) in [5, 5.41) is 25.7. The summed E-state index contributed by atoms with van der Waals surface area (Å²) in [5.41, 5.74) is 5.02. The van der Waals surface area contributed by atoms with E-state index in [1.165, 1.54) is 0 Å². The van der Waals surface area contributed by atoms with Gasteiger partial charge < -0.3 is 9.72 Å². The van der Waals surface area contributed by atoms with Crippen LogP contribution in [0.15, 0.2) is 55.0 Å². The summed E-state index contributed by atoms with van der Waals surface area (Å²) in [6.07, 6.45) is 5.53. The number of nitriles is 1. The third-order valence-electron chi connectivity index (χ3n) is 3.93. The highest BCUT2D eigenvalue weighted by Crippen LogP contribution is 2.23. The van der Waals surface area contributed by atoms with Crippen LogP contribution < -0.4 is 5.32 Å². The van der Waals surface area contributed by atoms with Crippen molar-refractivity contribution < 1.29 is 0 Å². The van der Waals surface area contributed by atoms with Crippen LogP contribution in [0.4, 0.5) is 5.69 Å². The summed E-state index contributed by atoms with van der Waals surface area (Å²) in [5.74, 6) is 0.243. The van der Waals surface area contributed by atoms with Crippen molar-refractivity contribution in [2.45, 2.75) is 6.92 Å². The standard InChI is InChI=1S/C18H14N8/c1-12-4-3-7-26-11-16(21-18(12)26)13-5-2-6-15(8-13)20-10-14(9-19)17-22-24-25-23-17/h2-8,10-11,20H,1H3,(H,22,23,24,25). The number of allylic oxidation sites excluding steroid dienone is 1. The molecule has 0 atom stereocenters. The minimum atomic E-state index is 0.243. The highest BCUT2D eigenvalue weighted by Gasteiger charge is 2.08. The number of aromatic amines is 1. The van der Waals surface area contributed by atoms with Crippen LogP contribution in [0.1, 0.15) is 11.4 Å². The van der Waals surface area contributed by atoms with Crippen LogP contribution in [-0.2, 0) is 0 Å². The maximum absolute atomic E-state index is 9.22. The number of aromatic nitrogens is 6. The van der Waals surface area contributed by atoms with Crippen molar-refractivity contribution in [1.82, 2.24) is 30.0 Å². The lowest BCUT2D eigenvalue weighted by Crippen LogP contribution is -1.93. The van der Waals surface area contributed by atoms with Crippen molar-refractivity contribution in [2.75, 3.05) is 5.32 Å². The molecule has 3 aromatic heterocycles. The second kappa shape index (κ2) is 6.49. The first-order valence-electron chi connectivity index (χ1n) is 7.90. The van der Waals surface area contributed by atoms with Crippen LogP contribution in [0, 0.1) is 18.3 Å². The summed E-state index contributed by atoms with van der Waals surface area (Å²) in [6, 6.07) is 13.9. The minimum absolute atomic E-state index is 0.243. The molecular formula is C18H14N8. The predicted molar refractivity (Wildman–Crippen MR) is 96.8 cm³/mol. The number of benzene rings is 1. The number of H-pyrrole nitrogens is 1. The molecule has 0 bridgehead atoms. The Labute approximate surface area is 148 Å². The van der Waals surface area contributed by atoms with Gasteiger partial charge >= 0.3 is 0 Å². The first-order valence-corrected chi connectivity index (χ1v) is 7.90. The topological polar surface area (TPSA) is 108 Å². The average molecular weight is 342 g/mol. The molecular weight excluding hydrogens is 328 g/mol. The molecule has 8 nitrogen and oxygen atoms in total. The summed E-state index contributed by atoms with van der Waals surface area (Å²) in [6.45, 7) is 2.04. The molecule has 0 amide bonds. The summed E-state index contributed by atoms with van der Waals surface area (Å²) in [4.78, 5) is 4.71. The molecule has 4 aromatic rings. The molecule has 126 valence electrons. The third kappa shape index (κ3) is 2.89. The molecule has 0 saturated heterocycles. The van der Waals surface area contributed by atoms with E-state index in [4.69, 9.17) is 4.98 Å². The van der Waals surface area contributed by atoms with Crippen LogP contribution >= 0.6 is 0 Å². The predicted octanol–water partition coefficient (Wildman–Crippen LogP) is 2.80. The van der Waals surface area contributed by atoms with E-state index >= 15 is 0 Å². The Bertz CT molecular complexity index is 1130. The lowest BCUT2D eigenvalue weighted by molar-refractivity contribution is 0.881. The number of hydrogen-bond donors (Lipinski definition) is 2. The molecule has 4 rings (SSSR count). The fourth-order valence-corrected chi connectivity index (χ4v) is 2.64. The smallest absolute Gasteiger partial charge is 0.216 e.